The van der Waals surface area contributed by atoms with E-state index < -0.39 is 0 Å². The van der Waals surface area contributed by atoms with E-state index in [4.69, 9.17) is 16.3 Å². The molecule has 0 spiro atoms. The number of halogens is 1. The normalized spacial score (nSPS) is 13.7. The van der Waals surface area contributed by atoms with Gasteiger partial charge in [0.15, 0.2) is 0 Å². The Kier molecular flexibility index (Phi) is 6.92. The van der Waals surface area contributed by atoms with E-state index in [1.807, 2.05) is 42.3 Å². The second-order valence-electron chi connectivity index (χ2n) is 7.52. The molecular formula is C23H27ClN6O2. The number of rotatable bonds is 8. The van der Waals surface area contributed by atoms with Crippen molar-refractivity contribution in [3.05, 3.63) is 64.6 Å². The second-order valence-corrected chi connectivity index (χ2v) is 7.96. The fourth-order valence-electron chi connectivity index (χ4n) is 3.67. The molecule has 9 heteroatoms. The Morgan fingerprint density at radius 3 is 2.81 bits per heavy atom. The molecule has 32 heavy (non-hydrogen) atoms. The van der Waals surface area contributed by atoms with Crippen LogP contribution >= 0.6 is 11.6 Å². The smallest absolute Gasteiger partial charge is 0.270 e. The number of imidazole rings is 1. The molecule has 0 aliphatic carbocycles. The lowest BCUT2D eigenvalue weighted by Gasteiger charge is -2.26. The van der Waals surface area contributed by atoms with Crippen LogP contribution in [0.5, 0.6) is 0 Å². The summed E-state index contributed by atoms with van der Waals surface area (Å²) in [5, 5.41) is 13.5. The fraction of sp³-hybridized carbons (Fsp3) is 0.348. The van der Waals surface area contributed by atoms with E-state index in [1.54, 1.807) is 23.8 Å². The summed E-state index contributed by atoms with van der Waals surface area (Å²) in [6.07, 6.45) is 3.14. The van der Waals surface area contributed by atoms with Crippen molar-refractivity contribution in [2.24, 2.45) is 5.10 Å². The van der Waals surface area contributed by atoms with E-state index in [-0.39, 0.29) is 5.91 Å². The Bertz CT molecular complexity index is 1130. The van der Waals surface area contributed by atoms with Crippen LogP contribution in [0.4, 0.5) is 5.69 Å². The van der Waals surface area contributed by atoms with Crippen molar-refractivity contribution < 1.29 is 9.53 Å². The van der Waals surface area contributed by atoms with E-state index >= 15 is 0 Å². The minimum atomic E-state index is -0.171. The number of nitrogens with zero attached hydrogens (tertiary/aromatic N) is 4. The zero-order valence-electron chi connectivity index (χ0n) is 18.3. The molecule has 3 heterocycles. The highest BCUT2D eigenvalue weighted by Gasteiger charge is 2.18. The summed E-state index contributed by atoms with van der Waals surface area (Å²) in [5.41, 5.74) is 4.01. The van der Waals surface area contributed by atoms with Gasteiger partial charge in [0.25, 0.3) is 5.91 Å². The molecule has 1 aliphatic rings. The largest absolute Gasteiger partial charge is 0.384 e. The molecule has 3 aromatic rings. The SMILES string of the molecule is CCc1nc2ccc(Cl)cn2c1C(=O)NCc1ccc(N2CCNC(CCOC)=N2)cc1. The Balaban J connectivity index is 1.43. The molecule has 0 unspecified atom stereocenters. The highest BCUT2D eigenvalue weighted by Crippen LogP contribution is 2.19. The number of amides is 1. The number of amidine groups is 1. The van der Waals surface area contributed by atoms with Gasteiger partial charge in [0, 0.05) is 32.8 Å². The van der Waals surface area contributed by atoms with Crippen LogP contribution in [0.25, 0.3) is 5.65 Å². The van der Waals surface area contributed by atoms with Gasteiger partial charge in [-0.25, -0.2) is 4.98 Å². The van der Waals surface area contributed by atoms with Crippen LogP contribution in [0.3, 0.4) is 0 Å². The molecule has 168 valence electrons. The van der Waals surface area contributed by atoms with E-state index in [0.29, 0.717) is 35.9 Å². The van der Waals surface area contributed by atoms with Crippen molar-refractivity contribution in [2.45, 2.75) is 26.3 Å². The van der Waals surface area contributed by atoms with Crippen molar-refractivity contribution in [1.29, 1.82) is 0 Å². The van der Waals surface area contributed by atoms with Crippen LogP contribution in [0.2, 0.25) is 5.02 Å². The molecule has 1 aliphatic heterocycles. The van der Waals surface area contributed by atoms with Crippen molar-refractivity contribution in [3.8, 4) is 0 Å². The van der Waals surface area contributed by atoms with Gasteiger partial charge in [-0.3, -0.25) is 14.2 Å². The minimum Gasteiger partial charge on any atom is -0.384 e. The predicted molar refractivity (Wildman–Crippen MR) is 126 cm³/mol. The highest BCUT2D eigenvalue weighted by molar-refractivity contribution is 6.30. The first kappa shape index (κ1) is 22.1. The van der Waals surface area contributed by atoms with Gasteiger partial charge < -0.3 is 15.4 Å². The summed E-state index contributed by atoms with van der Waals surface area (Å²) >= 11 is 6.13. The third-order valence-electron chi connectivity index (χ3n) is 5.33. The molecule has 0 saturated carbocycles. The van der Waals surface area contributed by atoms with Crippen molar-refractivity contribution in [3.63, 3.8) is 0 Å². The first-order valence-corrected chi connectivity index (χ1v) is 11.1. The Morgan fingerprint density at radius 1 is 1.25 bits per heavy atom. The number of carbonyl (C=O) groups excluding carboxylic acids is 1. The summed E-state index contributed by atoms with van der Waals surface area (Å²) in [6.45, 7) is 4.67. The molecule has 1 aromatic carbocycles. The summed E-state index contributed by atoms with van der Waals surface area (Å²) in [7, 11) is 1.69. The van der Waals surface area contributed by atoms with E-state index in [9.17, 15) is 4.79 Å². The number of benzene rings is 1. The summed E-state index contributed by atoms with van der Waals surface area (Å²) in [5.74, 6) is 0.754. The Hall–Kier alpha value is -3.10. The minimum absolute atomic E-state index is 0.171. The molecule has 1 amide bonds. The summed E-state index contributed by atoms with van der Waals surface area (Å²) in [6, 6.07) is 11.7. The fourth-order valence-corrected chi connectivity index (χ4v) is 3.83. The van der Waals surface area contributed by atoms with Gasteiger partial charge in [-0.1, -0.05) is 30.7 Å². The third-order valence-corrected chi connectivity index (χ3v) is 5.55. The van der Waals surface area contributed by atoms with Gasteiger partial charge in [-0.2, -0.15) is 5.10 Å². The van der Waals surface area contributed by atoms with Crippen LogP contribution in [0, 0.1) is 0 Å². The van der Waals surface area contributed by atoms with Gasteiger partial charge in [0.2, 0.25) is 0 Å². The molecule has 0 bridgehead atoms. The van der Waals surface area contributed by atoms with Gasteiger partial charge in [0.05, 0.1) is 29.6 Å². The third kappa shape index (κ3) is 4.87. The summed E-state index contributed by atoms with van der Waals surface area (Å²) in [4.78, 5) is 17.5. The molecule has 0 atom stereocenters. The van der Waals surface area contributed by atoms with Gasteiger partial charge in [-0.15, -0.1) is 0 Å². The number of hydrogen-bond acceptors (Lipinski definition) is 6. The van der Waals surface area contributed by atoms with Gasteiger partial charge in [0.1, 0.15) is 17.2 Å². The lowest BCUT2D eigenvalue weighted by molar-refractivity contribution is 0.0944. The number of methoxy groups -OCH3 is 1. The number of anilines is 1. The van der Waals surface area contributed by atoms with E-state index in [2.05, 4.69) is 20.7 Å². The summed E-state index contributed by atoms with van der Waals surface area (Å²) < 4.78 is 6.89. The van der Waals surface area contributed by atoms with Crippen LogP contribution in [-0.4, -0.2) is 47.9 Å². The number of nitrogens with one attached hydrogen (secondary N) is 2. The molecular weight excluding hydrogens is 428 g/mol. The first-order valence-electron chi connectivity index (χ1n) is 10.7. The lowest BCUT2D eigenvalue weighted by atomic mass is 10.2. The maximum Gasteiger partial charge on any atom is 0.270 e. The maximum atomic E-state index is 13.0. The zero-order chi connectivity index (χ0) is 22.5. The number of aryl methyl sites for hydroxylation is 1. The number of hydrogen-bond donors (Lipinski definition) is 2. The number of pyridine rings is 1. The molecule has 8 nitrogen and oxygen atoms in total. The van der Waals surface area contributed by atoms with Gasteiger partial charge >= 0.3 is 0 Å². The predicted octanol–water partition coefficient (Wildman–Crippen LogP) is 3.24. The topological polar surface area (TPSA) is 83.3 Å². The highest BCUT2D eigenvalue weighted by atomic mass is 35.5. The average Bonchev–Trinajstić information content (AvgIpc) is 3.19. The molecule has 0 saturated heterocycles. The average molecular weight is 455 g/mol. The zero-order valence-corrected chi connectivity index (χ0v) is 19.0. The number of aromatic nitrogens is 2. The monoisotopic (exact) mass is 454 g/mol. The standard InChI is InChI=1S/C23H27ClN6O2/c1-3-19-22(29-15-17(24)6-9-21(29)27-19)23(31)26-14-16-4-7-18(8-5-16)30-12-11-25-20(28-30)10-13-32-2/h4-9,15H,3,10-14H2,1-2H3,(H,25,28)(H,26,31). The number of carbonyl (C=O) groups is 1. The lowest BCUT2D eigenvalue weighted by Crippen LogP contribution is -2.40. The molecule has 4 rings (SSSR count). The van der Waals surface area contributed by atoms with Crippen LogP contribution in [0.1, 0.15) is 35.1 Å². The maximum absolute atomic E-state index is 13.0. The quantitative estimate of drug-likeness (QED) is 0.546. The molecule has 0 fully saturated rings. The molecule has 0 radical (unpaired) electrons. The molecule has 2 N–H and O–H groups in total. The van der Waals surface area contributed by atoms with Crippen molar-refractivity contribution in [2.75, 3.05) is 31.8 Å². The number of ether oxygens (including phenoxy) is 1. The number of fused-ring (bicyclic) bond motifs is 1. The van der Waals surface area contributed by atoms with Crippen LogP contribution < -0.4 is 15.6 Å². The Morgan fingerprint density at radius 2 is 2.06 bits per heavy atom. The van der Waals surface area contributed by atoms with Gasteiger partial charge in [-0.05, 0) is 36.2 Å². The second kappa shape index (κ2) is 10.0. The van der Waals surface area contributed by atoms with E-state index in [1.165, 1.54) is 0 Å². The van der Waals surface area contributed by atoms with Crippen LogP contribution in [-0.2, 0) is 17.7 Å². The Labute approximate surface area is 192 Å². The first-order chi connectivity index (χ1) is 15.6. The number of hydrazone groups is 1. The van der Waals surface area contributed by atoms with Crippen LogP contribution in [0.15, 0.2) is 47.7 Å². The van der Waals surface area contributed by atoms with Crippen molar-refractivity contribution in [1.82, 2.24) is 20.0 Å². The molecule has 2 aromatic heterocycles. The van der Waals surface area contributed by atoms with Crippen molar-refractivity contribution >= 4 is 34.7 Å². The van der Waals surface area contributed by atoms with E-state index in [0.717, 1.165) is 42.3 Å².